The highest BCUT2D eigenvalue weighted by Gasteiger charge is 2.44. The number of benzene rings is 1. The summed E-state index contributed by atoms with van der Waals surface area (Å²) in [6.07, 6.45) is 4.91. The van der Waals surface area contributed by atoms with E-state index in [0.717, 1.165) is 51.4 Å². The average molecular weight is 379 g/mol. The number of likely N-dealkylation sites (tertiary alicyclic amines) is 2. The number of hydrogen-bond acceptors (Lipinski definition) is 4. The topological polar surface area (TPSA) is 39.7 Å². The third-order valence-electron chi connectivity index (χ3n) is 6.21. The highest BCUT2D eigenvalue weighted by Crippen LogP contribution is 2.41. The largest absolute Gasteiger partial charge is 0.363 e. The zero-order valence-corrected chi connectivity index (χ0v) is 17.0. The van der Waals surface area contributed by atoms with Gasteiger partial charge in [-0.2, -0.15) is 0 Å². The molecule has 5 heteroatoms. The Morgan fingerprint density at radius 2 is 1.75 bits per heavy atom. The number of aromatic nitrogens is 1. The van der Waals surface area contributed by atoms with Gasteiger partial charge >= 0.3 is 0 Å². The van der Waals surface area contributed by atoms with Gasteiger partial charge in [0.15, 0.2) is 0 Å². The molecule has 0 N–H and O–H groups in total. The van der Waals surface area contributed by atoms with Crippen LogP contribution < -0.4 is 4.90 Å². The number of nitrogens with zero attached hydrogens (tertiary/aromatic N) is 4. The molecule has 148 valence electrons. The van der Waals surface area contributed by atoms with Crippen molar-refractivity contribution in [2.75, 3.05) is 38.6 Å². The molecule has 28 heavy (non-hydrogen) atoms. The summed E-state index contributed by atoms with van der Waals surface area (Å²) < 4.78 is 0. The minimum absolute atomic E-state index is 0.176. The maximum atomic E-state index is 12.6. The Kier molecular flexibility index (Phi) is 5.36. The highest BCUT2D eigenvalue weighted by molar-refractivity contribution is 5.79. The molecule has 5 nitrogen and oxygen atoms in total. The number of carbonyl (C=O) groups excluding carboxylic acids is 1. The standard InChI is InChI=1S/C23H30N4O/c1-25(2)21-9-8-20(15-24-21)16-26-12-10-23(11-13-26)14-22(28)27(18-23)17-19-6-4-3-5-7-19/h3-9,15H,10-14,16-18H2,1-2H3. The molecule has 1 spiro atoms. The molecule has 1 amide bonds. The van der Waals surface area contributed by atoms with Crippen LogP contribution in [0.1, 0.15) is 30.4 Å². The van der Waals surface area contributed by atoms with Crippen LogP contribution in [-0.4, -0.2) is 54.4 Å². The van der Waals surface area contributed by atoms with Crippen molar-refractivity contribution in [3.05, 3.63) is 59.8 Å². The number of piperidine rings is 1. The van der Waals surface area contributed by atoms with E-state index in [1.165, 1.54) is 11.1 Å². The SMILES string of the molecule is CN(C)c1ccc(CN2CCC3(CC2)CC(=O)N(Cc2ccccc2)C3)cn1. The first kappa shape index (κ1) is 18.9. The minimum atomic E-state index is 0.176. The van der Waals surface area contributed by atoms with Crippen molar-refractivity contribution in [1.29, 1.82) is 0 Å². The van der Waals surface area contributed by atoms with Crippen molar-refractivity contribution < 1.29 is 4.79 Å². The summed E-state index contributed by atoms with van der Waals surface area (Å²) in [5.41, 5.74) is 2.66. The number of carbonyl (C=O) groups is 1. The van der Waals surface area contributed by atoms with E-state index in [4.69, 9.17) is 0 Å². The maximum Gasteiger partial charge on any atom is 0.223 e. The second kappa shape index (κ2) is 7.92. The van der Waals surface area contributed by atoms with Crippen molar-refractivity contribution in [3.8, 4) is 0 Å². The number of rotatable bonds is 5. The van der Waals surface area contributed by atoms with Gasteiger partial charge in [-0.05, 0) is 48.5 Å². The lowest BCUT2D eigenvalue weighted by molar-refractivity contribution is -0.128. The molecule has 0 bridgehead atoms. The molecule has 2 aromatic rings. The van der Waals surface area contributed by atoms with E-state index in [1.807, 2.05) is 43.4 Å². The average Bonchev–Trinajstić information content (AvgIpc) is 3.00. The fraction of sp³-hybridized carbons (Fsp3) is 0.478. The van der Waals surface area contributed by atoms with Crippen molar-refractivity contribution in [2.24, 2.45) is 5.41 Å². The van der Waals surface area contributed by atoms with Crippen LogP contribution in [0.15, 0.2) is 48.7 Å². The lowest BCUT2D eigenvalue weighted by atomic mass is 9.77. The van der Waals surface area contributed by atoms with Crippen LogP contribution in [0.3, 0.4) is 0 Å². The van der Waals surface area contributed by atoms with Gasteiger partial charge in [-0.25, -0.2) is 4.98 Å². The van der Waals surface area contributed by atoms with Crippen LogP contribution in [0.25, 0.3) is 0 Å². The number of amides is 1. The Morgan fingerprint density at radius 1 is 1.00 bits per heavy atom. The zero-order valence-electron chi connectivity index (χ0n) is 17.0. The van der Waals surface area contributed by atoms with Crippen LogP contribution in [0.4, 0.5) is 5.82 Å². The van der Waals surface area contributed by atoms with Crippen LogP contribution in [0.2, 0.25) is 0 Å². The summed E-state index contributed by atoms with van der Waals surface area (Å²) in [4.78, 5) is 23.7. The first-order valence-corrected chi connectivity index (χ1v) is 10.2. The molecule has 0 unspecified atom stereocenters. The molecule has 2 fully saturated rings. The Labute approximate surface area is 168 Å². The number of pyridine rings is 1. The van der Waals surface area contributed by atoms with Crippen LogP contribution in [0.5, 0.6) is 0 Å². The Bertz CT molecular complexity index is 795. The van der Waals surface area contributed by atoms with E-state index in [2.05, 4.69) is 39.0 Å². The minimum Gasteiger partial charge on any atom is -0.363 e. The van der Waals surface area contributed by atoms with Gasteiger partial charge in [0.1, 0.15) is 5.82 Å². The van der Waals surface area contributed by atoms with Gasteiger partial charge in [0.05, 0.1) is 0 Å². The monoisotopic (exact) mass is 378 g/mol. The molecule has 1 aromatic heterocycles. The summed E-state index contributed by atoms with van der Waals surface area (Å²) in [5.74, 6) is 1.31. The quantitative estimate of drug-likeness (QED) is 0.801. The molecular weight excluding hydrogens is 348 g/mol. The van der Waals surface area contributed by atoms with Crippen molar-refractivity contribution >= 4 is 11.7 Å². The molecule has 3 heterocycles. The van der Waals surface area contributed by atoms with Crippen molar-refractivity contribution in [1.82, 2.24) is 14.8 Å². The zero-order chi connectivity index (χ0) is 19.6. The predicted octanol–water partition coefficient (Wildman–Crippen LogP) is 3.16. The summed E-state index contributed by atoms with van der Waals surface area (Å²) in [7, 11) is 4.02. The molecule has 2 saturated heterocycles. The smallest absolute Gasteiger partial charge is 0.223 e. The number of hydrogen-bond donors (Lipinski definition) is 0. The lowest BCUT2D eigenvalue weighted by Gasteiger charge is -2.38. The van der Waals surface area contributed by atoms with E-state index in [0.29, 0.717) is 12.3 Å². The van der Waals surface area contributed by atoms with Crippen LogP contribution in [-0.2, 0) is 17.9 Å². The van der Waals surface area contributed by atoms with Crippen LogP contribution >= 0.6 is 0 Å². The van der Waals surface area contributed by atoms with Gasteiger partial charge in [-0.1, -0.05) is 36.4 Å². The van der Waals surface area contributed by atoms with Gasteiger partial charge in [0, 0.05) is 46.3 Å². The second-order valence-electron chi connectivity index (χ2n) is 8.61. The van der Waals surface area contributed by atoms with E-state index in [9.17, 15) is 4.79 Å². The summed E-state index contributed by atoms with van der Waals surface area (Å²) in [6.45, 7) is 4.71. The first-order valence-electron chi connectivity index (χ1n) is 10.2. The van der Waals surface area contributed by atoms with E-state index in [-0.39, 0.29) is 5.41 Å². The van der Waals surface area contributed by atoms with E-state index >= 15 is 0 Å². The first-order chi connectivity index (χ1) is 13.5. The fourth-order valence-electron chi connectivity index (χ4n) is 4.48. The summed E-state index contributed by atoms with van der Waals surface area (Å²) >= 11 is 0. The molecular formula is C23H30N4O. The molecule has 0 aliphatic carbocycles. The van der Waals surface area contributed by atoms with Crippen molar-refractivity contribution in [2.45, 2.75) is 32.4 Å². The molecule has 0 saturated carbocycles. The highest BCUT2D eigenvalue weighted by atomic mass is 16.2. The van der Waals surface area contributed by atoms with Gasteiger partial charge in [-0.3, -0.25) is 9.69 Å². The van der Waals surface area contributed by atoms with Gasteiger partial charge in [-0.15, -0.1) is 0 Å². The second-order valence-corrected chi connectivity index (χ2v) is 8.61. The maximum absolute atomic E-state index is 12.6. The molecule has 4 rings (SSSR count). The molecule has 1 aromatic carbocycles. The normalized spacial score (nSPS) is 19.4. The van der Waals surface area contributed by atoms with Gasteiger partial charge in [0.25, 0.3) is 0 Å². The van der Waals surface area contributed by atoms with E-state index < -0.39 is 0 Å². The van der Waals surface area contributed by atoms with Gasteiger partial charge in [0.2, 0.25) is 5.91 Å². The molecule has 2 aliphatic rings. The summed E-state index contributed by atoms with van der Waals surface area (Å²) in [6, 6.07) is 14.6. The predicted molar refractivity (Wildman–Crippen MR) is 112 cm³/mol. The van der Waals surface area contributed by atoms with Crippen LogP contribution in [0, 0.1) is 5.41 Å². The molecule has 0 radical (unpaired) electrons. The lowest BCUT2D eigenvalue weighted by Crippen LogP contribution is -2.41. The van der Waals surface area contributed by atoms with Gasteiger partial charge < -0.3 is 9.80 Å². The fourth-order valence-corrected chi connectivity index (χ4v) is 4.48. The number of anilines is 1. The Morgan fingerprint density at radius 3 is 2.39 bits per heavy atom. The third-order valence-corrected chi connectivity index (χ3v) is 6.21. The van der Waals surface area contributed by atoms with Crippen molar-refractivity contribution in [3.63, 3.8) is 0 Å². The molecule has 2 aliphatic heterocycles. The Hall–Kier alpha value is -2.40. The Balaban J connectivity index is 1.31. The van der Waals surface area contributed by atoms with E-state index in [1.54, 1.807) is 0 Å². The third kappa shape index (κ3) is 4.20. The summed E-state index contributed by atoms with van der Waals surface area (Å²) in [5, 5.41) is 0. The molecule has 0 atom stereocenters.